The van der Waals surface area contributed by atoms with Crippen molar-refractivity contribution in [3.8, 4) is 0 Å². The SMILES string of the molecule is CC(C)=CCCC(C)=CCO[C@H]1O[C@H](C(O)[C@]2(O)COC[C@@H](O)[C@H]2O)[C@@H](O)[C@H](O)[C@H]1O. The molecule has 10 nitrogen and oxygen atoms in total. The Balaban J connectivity index is 2.04. The van der Waals surface area contributed by atoms with Crippen LogP contribution in [0.5, 0.6) is 0 Å². The minimum Gasteiger partial charge on any atom is -0.388 e. The minimum absolute atomic E-state index is 0.0444. The lowest BCUT2D eigenvalue weighted by Crippen LogP contribution is -2.71. The van der Waals surface area contributed by atoms with Gasteiger partial charge in [-0.25, -0.2) is 0 Å². The van der Waals surface area contributed by atoms with Crippen LogP contribution in [0, 0.1) is 0 Å². The molecule has 0 amide bonds. The molecular weight excluding hydrogens is 412 g/mol. The number of allylic oxidation sites excluding steroid dienone is 3. The van der Waals surface area contributed by atoms with Gasteiger partial charge in [0.15, 0.2) is 6.29 Å². The smallest absolute Gasteiger partial charge is 0.187 e. The van der Waals surface area contributed by atoms with Crippen molar-refractivity contribution in [3.05, 3.63) is 23.3 Å². The fraction of sp³-hybridized carbons (Fsp3) is 0.810. The number of rotatable bonds is 8. The topological polar surface area (TPSA) is 169 Å². The van der Waals surface area contributed by atoms with Crippen LogP contribution in [0.25, 0.3) is 0 Å². The Morgan fingerprint density at radius 3 is 2.39 bits per heavy atom. The normalized spacial score (nSPS) is 40.5. The maximum absolute atomic E-state index is 10.7. The lowest BCUT2D eigenvalue weighted by atomic mass is 9.80. The summed E-state index contributed by atoms with van der Waals surface area (Å²) in [5.41, 5.74) is -0.0922. The van der Waals surface area contributed by atoms with Gasteiger partial charge in [-0.05, 0) is 33.6 Å². The van der Waals surface area contributed by atoms with Crippen LogP contribution in [0.15, 0.2) is 23.3 Å². The first kappa shape index (κ1) is 26.3. The zero-order valence-corrected chi connectivity index (χ0v) is 18.2. The predicted octanol–water partition coefficient (Wildman–Crippen LogP) is -1.65. The first-order valence-corrected chi connectivity index (χ1v) is 10.4. The molecule has 7 N–H and O–H groups in total. The Morgan fingerprint density at radius 1 is 1.06 bits per heavy atom. The third-order valence-corrected chi connectivity index (χ3v) is 5.71. The highest BCUT2D eigenvalue weighted by Gasteiger charge is 2.57. The molecule has 0 saturated carbocycles. The van der Waals surface area contributed by atoms with Crippen molar-refractivity contribution in [2.75, 3.05) is 19.8 Å². The lowest BCUT2D eigenvalue weighted by molar-refractivity contribution is -0.333. The summed E-state index contributed by atoms with van der Waals surface area (Å²) >= 11 is 0. The first-order valence-electron chi connectivity index (χ1n) is 10.4. The minimum atomic E-state index is -2.36. The molecule has 0 bridgehead atoms. The molecule has 0 aromatic rings. The maximum Gasteiger partial charge on any atom is 0.187 e. The standard InChI is InChI=1S/C21H36O10/c1-11(2)5-4-6-12(3)7-8-30-20-16(25)14(23)15(24)17(31-20)19(27)21(28)10-29-9-13(22)18(21)26/h5,7,13-20,22-28H,4,6,8-10H2,1-3H3/t13-,14+,15+,16-,17+,18-,19?,20+,21+/m1/s1. The van der Waals surface area contributed by atoms with E-state index in [0.29, 0.717) is 0 Å². The summed E-state index contributed by atoms with van der Waals surface area (Å²) in [6, 6.07) is 0. The number of aliphatic hydroxyl groups excluding tert-OH is 6. The second-order valence-electron chi connectivity index (χ2n) is 8.61. The van der Waals surface area contributed by atoms with Gasteiger partial charge in [0, 0.05) is 0 Å². The van der Waals surface area contributed by atoms with E-state index in [4.69, 9.17) is 14.2 Å². The number of hydrogen-bond acceptors (Lipinski definition) is 10. The van der Waals surface area contributed by atoms with Gasteiger partial charge in [0.25, 0.3) is 0 Å². The van der Waals surface area contributed by atoms with E-state index in [-0.39, 0.29) is 13.2 Å². The average molecular weight is 449 g/mol. The summed E-state index contributed by atoms with van der Waals surface area (Å²) < 4.78 is 16.0. The first-order chi connectivity index (χ1) is 14.5. The van der Waals surface area contributed by atoms with Crippen LogP contribution in [-0.2, 0) is 14.2 Å². The fourth-order valence-electron chi connectivity index (χ4n) is 3.65. The van der Waals surface area contributed by atoms with Crippen LogP contribution in [0.3, 0.4) is 0 Å². The Morgan fingerprint density at radius 2 is 1.74 bits per heavy atom. The van der Waals surface area contributed by atoms with Crippen LogP contribution in [0.4, 0.5) is 0 Å². The van der Waals surface area contributed by atoms with Crippen LogP contribution < -0.4 is 0 Å². The molecule has 0 radical (unpaired) electrons. The fourth-order valence-corrected chi connectivity index (χ4v) is 3.65. The Labute approximate surface area is 182 Å². The van der Waals surface area contributed by atoms with Crippen molar-refractivity contribution in [1.82, 2.24) is 0 Å². The van der Waals surface area contributed by atoms with Crippen LogP contribution in [0.1, 0.15) is 33.6 Å². The molecule has 10 heteroatoms. The zero-order valence-electron chi connectivity index (χ0n) is 18.2. The molecule has 2 aliphatic heterocycles. The van der Waals surface area contributed by atoms with E-state index in [1.54, 1.807) is 6.08 Å². The monoisotopic (exact) mass is 448 g/mol. The Hall–Kier alpha value is -0.920. The Bertz CT molecular complexity index is 634. The molecule has 31 heavy (non-hydrogen) atoms. The van der Waals surface area contributed by atoms with Gasteiger partial charge < -0.3 is 50.0 Å². The van der Waals surface area contributed by atoms with E-state index in [1.165, 1.54) is 5.57 Å². The molecule has 2 rings (SSSR count). The number of hydrogen-bond donors (Lipinski definition) is 7. The van der Waals surface area contributed by atoms with Crippen molar-refractivity contribution in [2.24, 2.45) is 0 Å². The second kappa shape index (κ2) is 11.3. The van der Waals surface area contributed by atoms with Gasteiger partial charge in [-0.2, -0.15) is 0 Å². The van der Waals surface area contributed by atoms with Gasteiger partial charge in [-0.3, -0.25) is 0 Å². The number of ether oxygens (including phenoxy) is 3. The van der Waals surface area contributed by atoms with Crippen molar-refractivity contribution in [3.63, 3.8) is 0 Å². The quantitative estimate of drug-likeness (QED) is 0.214. The second-order valence-corrected chi connectivity index (χ2v) is 8.61. The van der Waals surface area contributed by atoms with E-state index < -0.39 is 61.2 Å². The lowest BCUT2D eigenvalue weighted by Gasteiger charge is -2.48. The molecule has 0 aromatic heterocycles. The molecule has 1 unspecified atom stereocenters. The van der Waals surface area contributed by atoms with E-state index in [9.17, 15) is 35.7 Å². The van der Waals surface area contributed by atoms with Crippen molar-refractivity contribution < 1.29 is 50.0 Å². The molecule has 0 aromatic carbocycles. The average Bonchev–Trinajstić information content (AvgIpc) is 2.71. The van der Waals surface area contributed by atoms with E-state index in [1.807, 2.05) is 20.8 Å². The van der Waals surface area contributed by atoms with Crippen molar-refractivity contribution in [1.29, 1.82) is 0 Å². The summed E-state index contributed by atoms with van der Waals surface area (Å²) in [5, 5.41) is 71.9. The molecule has 9 atom stereocenters. The van der Waals surface area contributed by atoms with Crippen LogP contribution >= 0.6 is 0 Å². The summed E-state index contributed by atoms with van der Waals surface area (Å²) in [4.78, 5) is 0. The molecular formula is C21H36O10. The molecule has 2 fully saturated rings. The van der Waals surface area contributed by atoms with Gasteiger partial charge >= 0.3 is 0 Å². The summed E-state index contributed by atoms with van der Waals surface area (Å²) in [6.07, 6.45) is -7.76. The maximum atomic E-state index is 10.7. The van der Waals surface area contributed by atoms with Crippen molar-refractivity contribution >= 4 is 0 Å². The van der Waals surface area contributed by atoms with Crippen molar-refractivity contribution in [2.45, 2.75) is 88.2 Å². The van der Waals surface area contributed by atoms with Crippen LogP contribution in [-0.4, -0.2) is 110 Å². The largest absolute Gasteiger partial charge is 0.388 e. The molecule has 2 saturated heterocycles. The summed E-state index contributed by atoms with van der Waals surface area (Å²) in [7, 11) is 0. The summed E-state index contributed by atoms with van der Waals surface area (Å²) in [6.45, 7) is 5.24. The summed E-state index contributed by atoms with van der Waals surface area (Å²) in [5.74, 6) is 0. The molecule has 0 spiro atoms. The van der Waals surface area contributed by atoms with Gasteiger partial charge in [-0.1, -0.05) is 23.3 Å². The van der Waals surface area contributed by atoms with Crippen LogP contribution in [0.2, 0.25) is 0 Å². The van der Waals surface area contributed by atoms with E-state index >= 15 is 0 Å². The van der Waals surface area contributed by atoms with Gasteiger partial charge in [-0.15, -0.1) is 0 Å². The zero-order chi connectivity index (χ0) is 23.3. The highest BCUT2D eigenvalue weighted by atomic mass is 16.7. The van der Waals surface area contributed by atoms with Gasteiger partial charge in [0.1, 0.15) is 48.3 Å². The molecule has 2 aliphatic rings. The van der Waals surface area contributed by atoms with Gasteiger partial charge in [0.2, 0.25) is 0 Å². The third-order valence-electron chi connectivity index (χ3n) is 5.71. The van der Waals surface area contributed by atoms with Gasteiger partial charge in [0.05, 0.1) is 19.8 Å². The van der Waals surface area contributed by atoms with E-state index in [0.717, 1.165) is 18.4 Å². The predicted molar refractivity (Wildman–Crippen MR) is 109 cm³/mol. The highest BCUT2D eigenvalue weighted by Crippen LogP contribution is 2.32. The Kier molecular flexibility index (Phi) is 9.58. The number of aliphatic hydroxyl groups is 7. The molecule has 0 aliphatic carbocycles. The van der Waals surface area contributed by atoms with E-state index in [2.05, 4.69) is 6.08 Å². The molecule has 180 valence electrons. The highest BCUT2D eigenvalue weighted by molar-refractivity contribution is 5.06. The third kappa shape index (κ3) is 6.32. The molecule has 2 heterocycles.